The van der Waals surface area contributed by atoms with Gasteiger partial charge in [0.1, 0.15) is 5.82 Å². The van der Waals surface area contributed by atoms with Crippen molar-refractivity contribution in [2.24, 2.45) is 0 Å². The molecule has 2 aromatic carbocycles. The van der Waals surface area contributed by atoms with E-state index in [2.05, 4.69) is 26.2 Å². The van der Waals surface area contributed by atoms with Crippen molar-refractivity contribution in [3.63, 3.8) is 0 Å². The fourth-order valence-corrected chi connectivity index (χ4v) is 2.72. The highest BCUT2D eigenvalue weighted by Crippen LogP contribution is 2.15. The Morgan fingerprint density at radius 3 is 2.71 bits per heavy atom. The van der Waals surface area contributed by atoms with Crippen LogP contribution in [-0.4, -0.2) is 15.5 Å². The number of halogens is 2. The van der Waals surface area contributed by atoms with E-state index in [-0.39, 0.29) is 18.3 Å². The maximum atomic E-state index is 13.7. The van der Waals surface area contributed by atoms with Crippen molar-refractivity contribution in [3.8, 4) is 0 Å². The summed E-state index contributed by atoms with van der Waals surface area (Å²) in [5.74, 6) is -0.572. The molecule has 0 aliphatic heterocycles. The minimum absolute atomic E-state index is 0.140. The van der Waals surface area contributed by atoms with Crippen LogP contribution in [0, 0.1) is 5.82 Å². The lowest BCUT2D eigenvalue weighted by Crippen LogP contribution is -2.23. The maximum Gasteiger partial charge on any atom is 0.251 e. The molecule has 0 atom stereocenters. The standard InChI is InChI=1S/C18H15BrFN3O/c19-16-5-6-17(20)15(9-16)10-22-18(24)14-3-1-13(2-4-14)11-23-8-7-21-12-23/h1-9,12H,10-11H2,(H,22,24). The zero-order valence-corrected chi connectivity index (χ0v) is 14.3. The molecule has 122 valence electrons. The molecule has 0 aliphatic carbocycles. The summed E-state index contributed by atoms with van der Waals surface area (Å²) in [5.41, 5.74) is 2.05. The van der Waals surface area contributed by atoms with Gasteiger partial charge in [-0.25, -0.2) is 9.37 Å². The van der Waals surface area contributed by atoms with Crippen LogP contribution >= 0.6 is 15.9 Å². The average Bonchev–Trinajstić information content (AvgIpc) is 3.09. The lowest BCUT2D eigenvalue weighted by molar-refractivity contribution is 0.0950. The summed E-state index contributed by atoms with van der Waals surface area (Å²) >= 11 is 3.29. The normalized spacial score (nSPS) is 10.6. The summed E-state index contributed by atoms with van der Waals surface area (Å²) < 4.78 is 16.4. The second kappa shape index (κ2) is 7.40. The highest BCUT2D eigenvalue weighted by molar-refractivity contribution is 9.10. The Morgan fingerprint density at radius 2 is 2.00 bits per heavy atom. The molecular weight excluding hydrogens is 373 g/mol. The Bertz CT molecular complexity index is 832. The van der Waals surface area contributed by atoms with E-state index in [9.17, 15) is 9.18 Å². The molecule has 0 bridgehead atoms. The number of carbonyl (C=O) groups is 1. The first kappa shape index (κ1) is 16.4. The molecule has 4 nitrogen and oxygen atoms in total. The molecule has 0 saturated carbocycles. The molecule has 24 heavy (non-hydrogen) atoms. The van der Waals surface area contributed by atoms with E-state index >= 15 is 0 Å². The Kier molecular flexibility index (Phi) is 5.05. The molecule has 0 spiro atoms. The van der Waals surface area contributed by atoms with Crippen molar-refractivity contribution >= 4 is 21.8 Å². The summed E-state index contributed by atoms with van der Waals surface area (Å²) in [6, 6.07) is 12.0. The van der Waals surface area contributed by atoms with Gasteiger partial charge in [-0.1, -0.05) is 28.1 Å². The van der Waals surface area contributed by atoms with E-state index in [4.69, 9.17) is 0 Å². The second-order valence-corrected chi connectivity index (χ2v) is 6.27. The molecule has 1 aromatic heterocycles. The first-order valence-electron chi connectivity index (χ1n) is 7.38. The van der Waals surface area contributed by atoms with E-state index in [0.717, 1.165) is 10.0 Å². The first-order valence-corrected chi connectivity index (χ1v) is 8.18. The van der Waals surface area contributed by atoms with Crippen molar-refractivity contribution in [2.45, 2.75) is 13.1 Å². The molecule has 3 rings (SSSR count). The van der Waals surface area contributed by atoms with E-state index in [1.807, 2.05) is 22.9 Å². The quantitative estimate of drug-likeness (QED) is 0.724. The zero-order chi connectivity index (χ0) is 16.9. The fraction of sp³-hybridized carbons (Fsp3) is 0.111. The second-order valence-electron chi connectivity index (χ2n) is 5.35. The van der Waals surface area contributed by atoms with Crippen LogP contribution in [0.4, 0.5) is 4.39 Å². The van der Waals surface area contributed by atoms with Gasteiger partial charge >= 0.3 is 0 Å². The molecule has 0 radical (unpaired) electrons. The van der Waals surface area contributed by atoms with Crippen LogP contribution < -0.4 is 5.32 Å². The van der Waals surface area contributed by atoms with Crippen LogP contribution in [-0.2, 0) is 13.1 Å². The number of nitrogens with one attached hydrogen (secondary N) is 1. The van der Waals surface area contributed by atoms with Gasteiger partial charge in [-0.3, -0.25) is 4.79 Å². The van der Waals surface area contributed by atoms with Crippen LogP contribution in [0.15, 0.2) is 65.7 Å². The van der Waals surface area contributed by atoms with E-state index in [1.54, 1.807) is 36.8 Å². The lowest BCUT2D eigenvalue weighted by Gasteiger charge is -2.08. The van der Waals surface area contributed by atoms with Crippen LogP contribution in [0.2, 0.25) is 0 Å². The van der Waals surface area contributed by atoms with Crippen molar-refractivity contribution < 1.29 is 9.18 Å². The third-order valence-electron chi connectivity index (χ3n) is 3.59. The summed E-state index contributed by atoms with van der Waals surface area (Å²) in [6.45, 7) is 0.839. The zero-order valence-electron chi connectivity index (χ0n) is 12.7. The molecule has 0 unspecified atom stereocenters. The lowest BCUT2D eigenvalue weighted by atomic mass is 10.1. The van der Waals surface area contributed by atoms with Crippen molar-refractivity contribution in [3.05, 3.63) is 88.2 Å². The molecular formula is C18H15BrFN3O. The molecule has 0 saturated heterocycles. The maximum absolute atomic E-state index is 13.7. The van der Waals surface area contributed by atoms with E-state index < -0.39 is 0 Å². The summed E-state index contributed by atoms with van der Waals surface area (Å²) in [5, 5.41) is 2.73. The smallest absolute Gasteiger partial charge is 0.251 e. The van der Waals surface area contributed by atoms with Crippen LogP contribution in [0.5, 0.6) is 0 Å². The van der Waals surface area contributed by atoms with Crippen LogP contribution in [0.25, 0.3) is 0 Å². The molecule has 1 amide bonds. The number of hydrogen-bond donors (Lipinski definition) is 1. The van der Waals surface area contributed by atoms with Gasteiger partial charge in [-0.2, -0.15) is 0 Å². The fourth-order valence-electron chi connectivity index (χ4n) is 2.31. The average molecular weight is 388 g/mol. The SMILES string of the molecule is O=C(NCc1cc(Br)ccc1F)c1ccc(Cn2ccnc2)cc1. The molecule has 6 heteroatoms. The van der Waals surface area contributed by atoms with Gasteiger partial charge in [-0.15, -0.1) is 0 Å². The van der Waals surface area contributed by atoms with Crippen LogP contribution in [0.1, 0.15) is 21.5 Å². The Balaban J connectivity index is 1.61. The van der Waals surface area contributed by atoms with Gasteiger partial charge in [0, 0.05) is 41.1 Å². The number of benzene rings is 2. The Morgan fingerprint density at radius 1 is 1.21 bits per heavy atom. The predicted molar refractivity (Wildman–Crippen MR) is 93.0 cm³/mol. The topological polar surface area (TPSA) is 46.9 Å². The number of carbonyl (C=O) groups excluding carboxylic acids is 1. The van der Waals surface area contributed by atoms with Crippen LogP contribution in [0.3, 0.4) is 0 Å². The van der Waals surface area contributed by atoms with Gasteiger partial charge in [0.05, 0.1) is 6.33 Å². The largest absolute Gasteiger partial charge is 0.348 e. The van der Waals surface area contributed by atoms with Gasteiger partial charge in [0.25, 0.3) is 5.91 Å². The molecule has 1 N–H and O–H groups in total. The van der Waals surface area contributed by atoms with Crippen molar-refractivity contribution in [1.29, 1.82) is 0 Å². The van der Waals surface area contributed by atoms with Gasteiger partial charge in [-0.05, 0) is 35.9 Å². The number of hydrogen-bond acceptors (Lipinski definition) is 2. The third-order valence-corrected chi connectivity index (χ3v) is 4.08. The monoisotopic (exact) mass is 387 g/mol. The summed E-state index contributed by atoms with van der Waals surface area (Å²) in [6.07, 6.45) is 5.35. The van der Waals surface area contributed by atoms with E-state index in [0.29, 0.717) is 17.7 Å². The highest BCUT2D eigenvalue weighted by Gasteiger charge is 2.08. The van der Waals surface area contributed by atoms with E-state index in [1.165, 1.54) is 6.07 Å². The summed E-state index contributed by atoms with van der Waals surface area (Å²) in [7, 11) is 0. The molecule has 0 fully saturated rings. The molecule has 3 aromatic rings. The highest BCUT2D eigenvalue weighted by atomic mass is 79.9. The Hall–Kier alpha value is -2.47. The number of imidazole rings is 1. The number of rotatable bonds is 5. The molecule has 0 aliphatic rings. The molecule has 1 heterocycles. The number of amides is 1. The van der Waals surface area contributed by atoms with Gasteiger partial charge in [0.15, 0.2) is 0 Å². The van der Waals surface area contributed by atoms with Crippen molar-refractivity contribution in [2.75, 3.05) is 0 Å². The van der Waals surface area contributed by atoms with Crippen molar-refractivity contribution in [1.82, 2.24) is 14.9 Å². The number of aromatic nitrogens is 2. The number of nitrogens with zero attached hydrogens (tertiary/aromatic N) is 2. The summed E-state index contributed by atoms with van der Waals surface area (Å²) in [4.78, 5) is 16.2. The third kappa shape index (κ3) is 4.08. The van der Waals surface area contributed by atoms with Gasteiger partial charge < -0.3 is 9.88 Å². The van der Waals surface area contributed by atoms with Gasteiger partial charge in [0.2, 0.25) is 0 Å². The Labute approximate surface area is 147 Å². The minimum atomic E-state index is -0.339. The first-order chi connectivity index (χ1) is 11.6. The predicted octanol–water partition coefficient (Wildman–Crippen LogP) is 3.76. The minimum Gasteiger partial charge on any atom is -0.348 e.